The Morgan fingerprint density at radius 1 is 1.03 bits per heavy atom. The molecule has 160 valence electrons. The van der Waals surface area contributed by atoms with Crippen molar-refractivity contribution in [2.75, 3.05) is 33.9 Å². The smallest absolute Gasteiger partial charge is 0.271 e. The summed E-state index contributed by atoms with van der Waals surface area (Å²) in [6.07, 6.45) is 0.767. The van der Waals surface area contributed by atoms with Crippen molar-refractivity contribution in [2.45, 2.75) is 6.42 Å². The summed E-state index contributed by atoms with van der Waals surface area (Å²) < 4.78 is 10.6. The molecule has 0 aliphatic heterocycles. The van der Waals surface area contributed by atoms with Crippen molar-refractivity contribution < 1.29 is 14.3 Å². The highest BCUT2D eigenvalue weighted by atomic mass is 35.5. The molecule has 30 heavy (non-hydrogen) atoms. The van der Waals surface area contributed by atoms with Crippen LogP contribution in [0.5, 0.6) is 11.5 Å². The van der Waals surface area contributed by atoms with Gasteiger partial charge < -0.3 is 20.1 Å². The molecular formula is C22H27ClN4O3. The normalized spacial score (nSPS) is 10.2. The van der Waals surface area contributed by atoms with E-state index in [1.807, 2.05) is 36.4 Å². The fourth-order valence-electron chi connectivity index (χ4n) is 3.12. The van der Waals surface area contributed by atoms with Crippen LogP contribution in [0.25, 0.3) is 11.3 Å². The van der Waals surface area contributed by atoms with E-state index in [0.717, 1.165) is 12.0 Å². The van der Waals surface area contributed by atoms with Crippen molar-refractivity contribution >= 4 is 18.3 Å². The number of nitrogens with two attached hydrogens (primary N) is 1. The van der Waals surface area contributed by atoms with E-state index in [9.17, 15) is 4.79 Å². The summed E-state index contributed by atoms with van der Waals surface area (Å²) in [7, 11) is 3.17. The van der Waals surface area contributed by atoms with Crippen LogP contribution in [0.3, 0.4) is 0 Å². The van der Waals surface area contributed by atoms with Gasteiger partial charge in [0.15, 0.2) is 11.5 Å². The molecule has 8 heteroatoms. The molecule has 2 aromatic carbocycles. The zero-order chi connectivity index (χ0) is 20.6. The van der Waals surface area contributed by atoms with Gasteiger partial charge in [-0.3, -0.25) is 9.89 Å². The van der Waals surface area contributed by atoms with Gasteiger partial charge >= 0.3 is 0 Å². The third-order valence-corrected chi connectivity index (χ3v) is 4.69. The number of nitrogens with zero attached hydrogens (tertiary/aromatic N) is 2. The molecule has 0 saturated carbocycles. The lowest BCUT2D eigenvalue weighted by Crippen LogP contribution is -2.37. The topological polar surface area (TPSA) is 93.5 Å². The van der Waals surface area contributed by atoms with Crippen molar-refractivity contribution in [3.8, 4) is 22.8 Å². The van der Waals surface area contributed by atoms with E-state index in [1.165, 1.54) is 5.56 Å². The van der Waals surface area contributed by atoms with E-state index in [2.05, 4.69) is 22.3 Å². The first-order valence-electron chi connectivity index (χ1n) is 9.47. The monoisotopic (exact) mass is 430 g/mol. The number of carbonyl (C=O) groups is 1. The molecule has 1 aromatic heterocycles. The van der Waals surface area contributed by atoms with Crippen LogP contribution in [0.1, 0.15) is 16.1 Å². The zero-order valence-corrected chi connectivity index (χ0v) is 17.9. The van der Waals surface area contributed by atoms with Gasteiger partial charge in [-0.15, -0.1) is 12.4 Å². The number of rotatable bonds is 9. The summed E-state index contributed by atoms with van der Waals surface area (Å²) in [5.41, 5.74) is 8.81. The van der Waals surface area contributed by atoms with Crippen LogP contribution in [0.2, 0.25) is 0 Å². The maximum atomic E-state index is 13.0. The maximum absolute atomic E-state index is 13.0. The fraction of sp³-hybridized carbons (Fsp3) is 0.273. The molecule has 0 aliphatic carbocycles. The standard InChI is InChI=1S/C22H26N4O3.ClH/c1-28-20-9-8-17(14-21(20)29-2)18-15-19(25-24-18)22(27)26(13-11-23)12-10-16-6-4-3-5-7-16;/h3-9,14-15H,10-13,23H2,1-2H3,(H,24,25);1H. The van der Waals surface area contributed by atoms with Crippen molar-refractivity contribution in [1.29, 1.82) is 0 Å². The average Bonchev–Trinajstić information content (AvgIpc) is 3.26. The first-order chi connectivity index (χ1) is 14.2. The van der Waals surface area contributed by atoms with Crippen LogP contribution in [0.15, 0.2) is 54.6 Å². The quantitative estimate of drug-likeness (QED) is 0.543. The Kier molecular flexibility index (Phi) is 8.70. The van der Waals surface area contributed by atoms with Crippen LogP contribution < -0.4 is 15.2 Å². The van der Waals surface area contributed by atoms with E-state index in [-0.39, 0.29) is 18.3 Å². The molecular weight excluding hydrogens is 404 g/mol. The van der Waals surface area contributed by atoms with Gasteiger partial charge in [-0.05, 0) is 36.2 Å². The fourth-order valence-corrected chi connectivity index (χ4v) is 3.12. The van der Waals surface area contributed by atoms with Crippen molar-refractivity contribution in [2.24, 2.45) is 5.73 Å². The number of hydrogen-bond donors (Lipinski definition) is 2. The molecule has 0 bridgehead atoms. The SMILES string of the molecule is COc1ccc(-c2cc(C(=O)N(CCN)CCc3ccccc3)[nH]n2)cc1OC.Cl. The minimum Gasteiger partial charge on any atom is -0.493 e. The summed E-state index contributed by atoms with van der Waals surface area (Å²) in [5, 5.41) is 7.15. The molecule has 3 N–H and O–H groups in total. The van der Waals surface area contributed by atoms with E-state index in [1.54, 1.807) is 25.2 Å². The summed E-state index contributed by atoms with van der Waals surface area (Å²) in [6, 6.07) is 17.3. The third kappa shape index (κ3) is 5.52. The molecule has 3 aromatic rings. The van der Waals surface area contributed by atoms with Crippen LogP contribution in [-0.2, 0) is 6.42 Å². The highest BCUT2D eigenvalue weighted by Crippen LogP contribution is 2.31. The Bertz CT molecular complexity index is 947. The largest absolute Gasteiger partial charge is 0.493 e. The number of benzene rings is 2. The lowest BCUT2D eigenvalue weighted by atomic mass is 10.1. The van der Waals surface area contributed by atoms with Crippen LogP contribution in [-0.4, -0.2) is 54.9 Å². The minimum absolute atomic E-state index is 0. The number of hydrogen-bond acceptors (Lipinski definition) is 5. The highest BCUT2D eigenvalue weighted by Gasteiger charge is 2.18. The summed E-state index contributed by atoms with van der Waals surface area (Å²) >= 11 is 0. The Morgan fingerprint density at radius 2 is 1.77 bits per heavy atom. The van der Waals surface area contributed by atoms with Gasteiger partial charge in [-0.25, -0.2) is 0 Å². The Morgan fingerprint density at radius 3 is 2.43 bits per heavy atom. The van der Waals surface area contributed by atoms with Crippen LogP contribution in [0.4, 0.5) is 0 Å². The number of ether oxygens (including phenoxy) is 2. The first-order valence-corrected chi connectivity index (χ1v) is 9.47. The Labute approximate surface area is 182 Å². The summed E-state index contributed by atoms with van der Waals surface area (Å²) in [5.74, 6) is 1.12. The van der Waals surface area contributed by atoms with Crippen LogP contribution in [0, 0.1) is 0 Å². The Hall–Kier alpha value is -3.03. The zero-order valence-electron chi connectivity index (χ0n) is 17.1. The number of amides is 1. The van der Waals surface area contributed by atoms with Gasteiger partial charge in [-0.2, -0.15) is 5.10 Å². The number of nitrogens with one attached hydrogen (secondary N) is 1. The molecule has 0 saturated heterocycles. The molecule has 3 rings (SSSR count). The van der Waals surface area contributed by atoms with Gasteiger partial charge in [0.05, 0.1) is 19.9 Å². The van der Waals surface area contributed by atoms with Gasteiger partial charge in [0, 0.05) is 25.2 Å². The van der Waals surface area contributed by atoms with E-state index in [0.29, 0.717) is 42.5 Å². The lowest BCUT2D eigenvalue weighted by molar-refractivity contribution is 0.0756. The number of H-pyrrole nitrogens is 1. The summed E-state index contributed by atoms with van der Waals surface area (Å²) in [6.45, 7) is 1.47. The van der Waals surface area contributed by atoms with E-state index >= 15 is 0 Å². The molecule has 0 unspecified atom stereocenters. The predicted octanol–water partition coefficient (Wildman–Crippen LogP) is 3.16. The molecule has 1 amide bonds. The maximum Gasteiger partial charge on any atom is 0.271 e. The Balaban J connectivity index is 0.00000320. The van der Waals surface area contributed by atoms with Gasteiger partial charge in [0.1, 0.15) is 5.69 Å². The second-order valence-corrected chi connectivity index (χ2v) is 6.55. The average molecular weight is 431 g/mol. The summed E-state index contributed by atoms with van der Waals surface area (Å²) in [4.78, 5) is 14.7. The second kappa shape index (κ2) is 11.2. The lowest BCUT2D eigenvalue weighted by Gasteiger charge is -2.21. The van der Waals surface area contributed by atoms with Gasteiger partial charge in [0.2, 0.25) is 0 Å². The third-order valence-electron chi connectivity index (χ3n) is 4.69. The predicted molar refractivity (Wildman–Crippen MR) is 119 cm³/mol. The van der Waals surface area contributed by atoms with E-state index in [4.69, 9.17) is 15.2 Å². The van der Waals surface area contributed by atoms with Crippen molar-refractivity contribution in [3.05, 3.63) is 65.9 Å². The number of halogens is 1. The van der Waals surface area contributed by atoms with Gasteiger partial charge in [0.25, 0.3) is 5.91 Å². The molecule has 0 spiro atoms. The van der Waals surface area contributed by atoms with Crippen molar-refractivity contribution in [1.82, 2.24) is 15.1 Å². The molecule has 0 fully saturated rings. The molecule has 0 atom stereocenters. The molecule has 0 radical (unpaired) electrons. The number of carbonyl (C=O) groups excluding carboxylic acids is 1. The number of methoxy groups -OCH3 is 2. The van der Waals surface area contributed by atoms with Crippen molar-refractivity contribution in [3.63, 3.8) is 0 Å². The highest BCUT2D eigenvalue weighted by molar-refractivity contribution is 5.93. The molecule has 0 aliphatic rings. The van der Waals surface area contributed by atoms with Gasteiger partial charge in [-0.1, -0.05) is 30.3 Å². The number of aromatic amines is 1. The minimum atomic E-state index is -0.120. The van der Waals surface area contributed by atoms with E-state index < -0.39 is 0 Å². The first kappa shape index (κ1) is 23.3. The second-order valence-electron chi connectivity index (χ2n) is 6.55. The van der Waals surface area contributed by atoms with Crippen LogP contribution >= 0.6 is 12.4 Å². The molecule has 7 nitrogen and oxygen atoms in total. The number of aromatic nitrogens is 2. The molecule has 1 heterocycles.